The highest BCUT2D eigenvalue weighted by atomic mass is 16.8. The van der Waals surface area contributed by atoms with Gasteiger partial charge in [0.25, 0.3) is 0 Å². The Hall–Kier alpha value is -1.47. The maximum absolute atomic E-state index is 13.4. The summed E-state index contributed by atoms with van der Waals surface area (Å²) >= 11 is 0. The number of nitrogens with one attached hydrogen (secondary N) is 1. The summed E-state index contributed by atoms with van der Waals surface area (Å²) in [5, 5.41) is 121. The summed E-state index contributed by atoms with van der Waals surface area (Å²) in [5.74, 6) is -0.243. The van der Waals surface area contributed by atoms with Gasteiger partial charge in [-0.15, -0.1) is 0 Å². The van der Waals surface area contributed by atoms with Gasteiger partial charge in [-0.25, -0.2) is 0 Å². The van der Waals surface area contributed by atoms with Crippen molar-refractivity contribution in [2.75, 3.05) is 26.4 Å². The molecule has 0 saturated carbocycles. The van der Waals surface area contributed by atoms with Gasteiger partial charge < -0.3 is 89.9 Å². The quantitative estimate of drug-likeness (QED) is 0.0200. The van der Waals surface area contributed by atoms with Gasteiger partial charge in [0.15, 0.2) is 18.9 Å². The molecule has 0 aromatic rings. The van der Waals surface area contributed by atoms with Crippen molar-refractivity contribution in [1.82, 2.24) is 5.32 Å². The van der Waals surface area contributed by atoms with E-state index in [-0.39, 0.29) is 18.9 Å². The molecule has 3 aliphatic heterocycles. The lowest BCUT2D eigenvalue weighted by Gasteiger charge is -2.48. The second kappa shape index (κ2) is 50.1. The molecule has 0 aromatic carbocycles. The van der Waals surface area contributed by atoms with Crippen LogP contribution in [0.5, 0.6) is 0 Å². The minimum atomic E-state index is -1.97. The van der Waals surface area contributed by atoms with Gasteiger partial charge in [-0.3, -0.25) is 4.79 Å². The van der Waals surface area contributed by atoms with Crippen molar-refractivity contribution < 1.29 is 89.4 Å². The molecule has 3 heterocycles. The van der Waals surface area contributed by atoms with Crippen LogP contribution in [-0.4, -0.2) is 193 Å². The van der Waals surface area contributed by atoms with Gasteiger partial charge >= 0.3 is 0 Å². The van der Waals surface area contributed by atoms with Crippen molar-refractivity contribution in [2.45, 2.75) is 381 Å². The van der Waals surface area contributed by atoms with Gasteiger partial charge in [0.2, 0.25) is 5.91 Å². The fourth-order valence-electron chi connectivity index (χ4n) is 12.1. The maximum Gasteiger partial charge on any atom is 0.220 e. The lowest BCUT2D eigenvalue weighted by Crippen LogP contribution is -2.66. The highest BCUT2D eigenvalue weighted by molar-refractivity contribution is 5.76. The maximum atomic E-state index is 13.4. The van der Waals surface area contributed by atoms with Crippen LogP contribution in [0, 0.1) is 0 Å². The third kappa shape index (κ3) is 32.2. The van der Waals surface area contributed by atoms with E-state index in [0.29, 0.717) is 12.8 Å². The van der Waals surface area contributed by atoms with E-state index >= 15 is 0 Å². The molecule has 17 unspecified atom stereocenters. The summed E-state index contributed by atoms with van der Waals surface area (Å²) in [6.45, 7) is 1.83. The summed E-state index contributed by atoms with van der Waals surface area (Å²) in [6.07, 6.45) is 27.1. The number of hydrogen-bond acceptors (Lipinski definition) is 18. The Morgan fingerprint density at radius 2 is 0.733 bits per heavy atom. The van der Waals surface area contributed by atoms with Gasteiger partial charge in [0.1, 0.15) is 73.2 Å². The highest BCUT2D eigenvalue weighted by Gasteiger charge is 2.53. The molecule has 17 atom stereocenters. The topological polar surface area (TPSA) is 307 Å². The summed E-state index contributed by atoms with van der Waals surface area (Å²) in [5.41, 5.74) is 0. The fourth-order valence-corrected chi connectivity index (χ4v) is 12.1. The molecule has 0 aliphatic carbocycles. The molecule has 3 rings (SSSR count). The zero-order valence-electron chi connectivity index (χ0n) is 53.6. The monoisotopic (exact) mass is 1230 g/mol. The first-order chi connectivity index (χ1) is 41.8. The first-order valence-electron chi connectivity index (χ1n) is 34.9. The van der Waals surface area contributed by atoms with Gasteiger partial charge in [-0.05, 0) is 38.5 Å². The molecule has 3 aliphatic rings. The largest absolute Gasteiger partial charge is 0.394 e. The van der Waals surface area contributed by atoms with Crippen LogP contribution in [0.3, 0.4) is 0 Å². The standard InChI is InChI=1S/C67H127NO18/c1-3-5-7-9-11-13-15-17-19-21-23-24-25-26-27-28-30-32-34-36-38-40-42-44-51(72)50(68-55(73)45-43-41-39-37-35-33-31-29-22-20-18-16-14-12-10-8-6-4-2)49-81-65-61(79)58(76)63(53(47-70)83-65)86-67-62(80)59(77)64(54(48-71)84-67)85-66-60(78)57(75)56(74)52(46-69)82-66/h20,22,50-54,56-67,69-72,74-80H,3-19,21,23-49H2,1-2H3,(H,68,73)/b22-20-. The molecule has 19 heteroatoms. The molecular weight excluding hydrogens is 1110 g/mol. The van der Waals surface area contributed by atoms with Crippen molar-refractivity contribution in [3.63, 3.8) is 0 Å². The predicted molar refractivity (Wildman–Crippen MR) is 333 cm³/mol. The van der Waals surface area contributed by atoms with E-state index in [0.717, 1.165) is 57.8 Å². The van der Waals surface area contributed by atoms with Crippen molar-refractivity contribution in [3.8, 4) is 0 Å². The average Bonchev–Trinajstić information content (AvgIpc) is 2.53. The zero-order valence-corrected chi connectivity index (χ0v) is 53.6. The highest BCUT2D eigenvalue weighted by Crippen LogP contribution is 2.33. The molecule has 3 fully saturated rings. The molecule has 0 spiro atoms. The van der Waals surface area contributed by atoms with Gasteiger partial charge in [0.05, 0.1) is 38.6 Å². The number of unbranched alkanes of at least 4 members (excludes halogenated alkanes) is 36. The Bertz CT molecular complexity index is 1620. The van der Waals surface area contributed by atoms with Crippen LogP contribution in [-0.2, 0) is 33.2 Å². The Labute approximate surface area is 518 Å². The number of hydrogen-bond donors (Lipinski definition) is 12. The molecule has 0 bridgehead atoms. The zero-order chi connectivity index (χ0) is 62.6. The Morgan fingerprint density at radius 1 is 0.407 bits per heavy atom. The van der Waals surface area contributed by atoms with Crippen molar-refractivity contribution >= 4 is 5.91 Å². The van der Waals surface area contributed by atoms with Gasteiger partial charge in [-0.2, -0.15) is 0 Å². The second-order valence-corrected chi connectivity index (χ2v) is 25.3. The summed E-state index contributed by atoms with van der Waals surface area (Å²) < 4.78 is 34.4. The van der Waals surface area contributed by atoms with E-state index in [1.807, 2.05) is 0 Å². The van der Waals surface area contributed by atoms with Crippen LogP contribution in [0.2, 0.25) is 0 Å². The summed E-state index contributed by atoms with van der Waals surface area (Å²) in [7, 11) is 0. The van der Waals surface area contributed by atoms with Crippen LogP contribution in [0.1, 0.15) is 277 Å². The van der Waals surface area contributed by atoms with Gasteiger partial charge in [-0.1, -0.05) is 244 Å². The summed E-state index contributed by atoms with van der Waals surface area (Å²) in [4.78, 5) is 13.4. The molecule has 86 heavy (non-hydrogen) atoms. The Morgan fingerprint density at radius 3 is 1.13 bits per heavy atom. The van der Waals surface area contributed by atoms with E-state index in [4.69, 9.17) is 28.4 Å². The normalized spacial score (nSPS) is 28.8. The Kier molecular flexibility index (Phi) is 45.9. The molecule has 508 valence electrons. The number of aliphatic hydroxyl groups excluding tert-OH is 11. The van der Waals surface area contributed by atoms with Crippen molar-refractivity contribution in [2.24, 2.45) is 0 Å². The Balaban J connectivity index is 1.43. The first kappa shape index (κ1) is 78.8. The average molecular weight is 1230 g/mol. The van der Waals surface area contributed by atoms with Gasteiger partial charge in [0, 0.05) is 6.42 Å². The predicted octanol–water partition coefficient (Wildman–Crippen LogP) is 8.89. The van der Waals surface area contributed by atoms with Crippen LogP contribution < -0.4 is 5.32 Å². The molecular formula is C67H127NO18. The third-order valence-electron chi connectivity index (χ3n) is 17.8. The molecule has 0 radical (unpaired) electrons. The lowest BCUT2D eigenvalue weighted by atomic mass is 9.96. The smallest absolute Gasteiger partial charge is 0.220 e. The number of allylic oxidation sites excluding steroid dienone is 2. The molecule has 3 saturated heterocycles. The summed E-state index contributed by atoms with van der Waals surface area (Å²) in [6, 6.07) is -0.887. The molecule has 1 amide bonds. The SMILES string of the molecule is CCCCCCCCC/C=C\CCCCCCCCCC(=O)NC(COC1OC(CO)C(OC2OC(CO)C(OC3OC(CO)C(O)C(O)C3O)C(O)C2O)C(O)C1O)C(O)CCCCCCCCCCCCCCCCCCCCCCCCC. The van der Waals surface area contributed by atoms with E-state index < -0.39 is 124 Å². The molecule has 19 nitrogen and oxygen atoms in total. The van der Waals surface area contributed by atoms with E-state index in [1.54, 1.807) is 0 Å². The lowest BCUT2D eigenvalue weighted by molar-refractivity contribution is -0.379. The first-order valence-corrected chi connectivity index (χ1v) is 34.9. The van der Waals surface area contributed by atoms with E-state index in [2.05, 4.69) is 31.3 Å². The van der Waals surface area contributed by atoms with Crippen molar-refractivity contribution in [1.29, 1.82) is 0 Å². The minimum Gasteiger partial charge on any atom is -0.394 e. The van der Waals surface area contributed by atoms with Crippen molar-refractivity contribution in [3.05, 3.63) is 12.2 Å². The number of carbonyl (C=O) groups excluding carboxylic acids is 1. The molecule has 12 N–H and O–H groups in total. The van der Waals surface area contributed by atoms with E-state index in [9.17, 15) is 61.0 Å². The number of ether oxygens (including phenoxy) is 6. The fraction of sp³-hybridized carbons (Fsp3) is 0.955. The number of rotatable bonds is 54. The number of carbonyl (C=O) groups is 1. The third-order valence-corrected chi connectivity index (χ3v) is 17.8. The number of amides is 1. The minimum absolute atomic E-state index is 0.243. The number of aliphatic hydroxyl groups is 11. The second-order valence-electron chi connectivity index (χ2n) is 25.3. The van der Waals surface area contributed by atoms with Crippen LogP contribution >= 0.6 is 0 Å². The molecule has 0 aromatic heterocycles. The van der Waals surface area contributed by atoms with Crippen LogP contribution in [0.25, 0.3) is 0 Å². The van der Waals surface area contributed by atoms with Crippen LogP contribution in [0.4, 0.5) is 0 Å². The van der Waals surface area contributed by atoms with Crippen LogP contribution in [0.15, 0.2) is 12.2 Å². The van der Waals surface area contributed by atoms with E-state index in [1.165, 1.54) is 186 Å².